The van der Waals surface area contributed by atoms with Crippen LogP contribution in [0.3, 0.4) is 0 Å². The molecular weight excluding hydrogens is 248 g/mol. The van der Waals surface area contributed by atoms with Gasteiger partial charge in [-0.3, -0.25) is 0 Å². The van der Waals surface area contributed by atoms with E-state index in [0.717, 1.165) is 12.8 Å². The van der Waals surface area contributed by atoms with Crippen molar-refractivity contribution >= 4 is 22.9 Å². The van der Waals surface area contributed by atoms with E-state index < -0.39 is 11.5 Å². The van der Waals surface area contributed by atoms with Crippen LogP contribution in [-0.2, 0) is 4.79 Å². The molecule has 1 unspecified atom stereocenters. The van der Waals surface area contributed by atoms with Crippen molar-refractivity contribution < 1.29 is 14.4 Å². The maximum atomic E-state index is 11.5. The quantitative estimate of drug-likeness (QED) is 0.862. The van der Waals surface area contributed by atoms with Crippen LogP contribution in [0.25, 0.3) is 11.1 Å². The number of hydrogen-bond donors (Lipinski definition) is 2. The first-order chi connectivity index (χ1) is 9.02. The van der Waals surface area contributed by atoms with E-state index >= 15 is 0 Å². The zero-order valence-corrected chi connectivity index (χ0v) is 10.7. The summed E-state index contributed by atoms with van der Waals surface area (Å²) in [6.45, 7) is 3.46. The lowest BCUT2D eigenvalue weighted by Crippen LogP contribution is -2.45. The summed E-state index contributed by atoms with van der Waals surface area (Å²) in [6, 6.07) is 0. The highest BCUT2D eigenvalue weighted by Crippen LogP contribution is 2.42. The minimum absolute atomic E-state index is 0.121. The Morgan fingerprint density at radius 2 is 2.26 bits per heavy atom. The third-order valence-corrected chi connectivity index (χ3v) is 3.66. The zero-order chi connectivity index (χ0) is 13.6. The summed E-state index contributed by atoms with van der Waals surface area (Å²) in [4.78, 5) is 19.6. The van der Waals surface area contributed by atoms with Crippen molar-refractivity contribution in [1.29, 1.82) is 0 Å². The lowest BCUT2D eigenvalue weighted by atomic mass is 9.96. The highest BCUT2D eigenvalue weighted by Gasteiger charge is 2.48. The van der Waals surface area contributed by atoms with Gasteiger partial charge in [0.25, 0.3) is 5.71 Å². The molecule has 2 aromatic heterocycles. The monoisotopic (exact) mass is 262 g/mol. The predicted molar refractivity (Wildman–Crippen MR) is 66.7 cm³/mol. The van der Waals surface area contributed by atoms with E-state index in [1.807, 2.05) is 0 Å². The van der Waals surface area contributed by atoms with Crippen molar-refractivity contribution in [2.45, 2.75) is 32.2 Å². The number of nitrogens with zero attached hydrogens (tertiary/aromatic N) is 3. The Morgan fingerprint density at radius 3 is 2.89 bits per heavy atom. The fraction of sp³-hybridized carbons (Fsp3) is 0.500. The first kappa shape index (κ1) is 11.9. The van der Waals surface area contributed by atoms with E-state index in [2.05, 4.69) is 20.4 Å². The van der Waals surface area contributed by atoms with Crippen LogP contribution in [0.4, 0.5) is 5.82 Å². The van der Waals surface area contributed by atoms with Crippen molar-refractivity contribution in [2.75, 3.05) is 5.32 Å². The van der Waals surface area contributed by atoms with Gasteiger partial charge in [-0.15, -0.1) is 0 Å². The van der Waals surface area contributed by atoms with Crippen molar-refractivity contribution in [1.82, 2.24) is 15.1 Å². The molecule has 0 aromatic carbocycles. The van der Waals surface area contributed by atoms with Crippen molar-refractivity contribution in [3.8, 4) is 0 Å². The number of carboxylic acid groups (broad SMARTS) is 1. The number of aryl methyl sites for hydroxylation is 1. The molecule has 7 heteroatoms. The minimum Gasteiger partial charge on any atom is -0.480 e. The van der Waals surface area contributed by atoms with Gasteiger partial charge >= 0.3 is 5.97 Å². The number of aromatic nitrogens is 3. The molecule has 3 rings (SSSR count). The second-order valence-electron chi connectivity index (χ2n) is 5.08. The summed E-state index contributed by atoms with van der Waals surface area (Å²) in [7, 11) is 0. The fourth-order valence-corrected chi connectivity index (χ4v) is 2.25. The average Bonchev–Trinajstić information content (AvgIpc) is 3.15. The van der Waals surface area contributed by atoms with E-state index in [4.69, 9.17) is 4.52 Å². The number of anilines is 1. The Kier molecular flexibility index (Phi) is 2.44. The van der Waals surface area contributed by atoms with E-state index in [-0.39, 0.29) is 5.92 Å². The topological polar surface area (TPSA) is 101 Å². The third-order valence-electron chi connectivity index (χ3n) is 3.66. The minimum atomic E-state index is -1.02. The molecule has 1 aliphatic carbocycles. The van der Waals surface area contributed by atoms with Crippen molar-refractivity contribution in [3.05, 3.63) is 12.0 Å². The van der Waals surface area contributed by atoms with Gasteiger partial charge in [-0.1, -0.05) is 5.16 Å². The molecule has 0 bridgehead atoms. The van der Waals surface area contributed by atoms with Crippen LogP contribution in [-0.4, -0.2) is 31.7 Å². The molecule has 2 N–H and O–H groups in total. The summed E-state index contributed by atoms with van der Waals surface area (Å²) < 4.78 is 5.05. The first-order valence-corrected chi connectivity index (χ1v) is 6.11. The van der Waals surface area contributed by atoms with Gasteiger partial charge in [-0.05, 0) is 32.6 Å². The molecule has 1 fully saturated rings. The SMILES string of the molecule is Cc1noc2ncnc(NC(C)(C(=O)O)C3CC3)c12. The Balaban J connectivity index is 2.05. The molecule has 1 aliphatic rings. The van der Waals surface area contributed by atoms with Crippen LogP contribution in [0.5, 0.6) is 0 Å². The predicted octanol–water partition coefficient (Wildman–Crippen LogP) is 1.59. The molecule has 1 atom stereocenters. The molecular formula is C12H14N4O3. The Hall–Kier alpha value is -2.18. The third kappa shape index (κ3) is 1.81. The normalized spacial score (nSPS) is 18.2. The van der Waals surface area contributed by atoms with E-state index in [1.165, 1.54) is 6.33 Å². The van der Waals surface area contributed by atoms with Gasteiger partial charge in [0.15, 0.2) is 0 Å². The van der Waals surface area contributed by atoms with E-state index in [1.54, 1.807) is 13.8 Å². The Bertz CT molecular complexity index is 649. The number of carbonyl (C=O) groups is 1. The highest BCUT2D eigenvalue weighted by molar-refractivity contribution is 5.91. The van der Waals surface area contributed by atoms with E-state index in [9.17, 15) is 9.90 Å². The van der Waals surface area contributed by atoms with Gasteiger partial charge in [0.2, 0.25) is 0 Å². The lowest BCUT2D eigenvalue weighted by Gasteiger charge is -2.26. The van der Waals surface area contributed by atoms with Crippen LogP contribution < -0.4 is 5.32 Å². The van der Waals surface area contributed by atoms with Gasteiger partial charge in [-0.25, -0.2) is 9.78 Å². The molecule has 2 aromatic rings. The highest BCUT2D eigenvalue weighted by atomic mass is 16.5. The molecule has 7 nitrogen and oxygen atoms in total. The number of carboxylic acids is 1. The van der Waals surface area contributed by atoms with Gasteiger partial charge in [0, 0.05) is 0 Å². The molecule has 100 valence electrons. The largest absolute Gasteiger partial charge is 0.480 e. The Morgan fingerprint density at radius 1 is 1.53 bits per heavy atom. The van der Waals surface area contributed by atoms with Gasteiger partial charge in [0.05, 0.1) is 5.69 Å². The number of nitrogens with one attached hydrogen (secondary N) is 1. The van der Waals surface area contributed by atoms with Crippen LogP contribution >= 0.6 is 0 Å². The molecule has 0 radical (unpaired) electrons. The molecule has 0 amide bonds. The molecule has 0 aliphatic heterocycles. The zero-order valence-electron chi connectivity index (χ0n) is 10.7. The first-order valence-electron chi connectivity index (χ1n) is 6.11. The van der Waals surface area contributed by atoms with Crippen molar-refractivity contribution in [2.24, 2.45) is 5.92 Å². The second kappa shape index (κ2) is 3.91. The summed E-state index contributed by atoms with van der Waals surface area (Å²) in [5.74, 6) is -0.299. The standard InChI is InChI=1S/C12H14N4O3/c1-6-8-9(13-5-14-10(8)19-16-6)15-12(2,11(17)18)7-3-4-7/h5,7H,3-4H2,1-2H3,(H,17,18)(H,13,14,15). The molecule has 2 heterocycles. The lowest BCUT2D eigenvalue weighted by molar-refractivity contribution is -0.142. The number of hydrogen-bond acceptors (Lipinski definition) is 6. The van der Waals surface area contributed by atoms with Crippen LogP contribution in [0.2, 0.25) is 0 Å². The maximum absolute atomic E-state index is 11.5. The van der Waals surface area contributed by atoms with Crippen LogP contribution in [0.1, 0.15) is 25.5 Å². The van der Waals surface area contributed by atoms with Crippen LogP contribution in [0.15, 0.2) is 10.9 Å². The molecule has 0 saturated heterocycles. The van der Waals surface area contributed by atoms with Gasteiger partial charge in [-0.2, -0.15) is 4.98 Å². The number of fused-ring (bicyclic) bond motifs is 1. The number of aliphatic carboxylic acids is 1. The average molecular weight is 262 g/mol. The van der Waals surface area contributed by atoms with Crippen LogP contribution in [0, 0.1) is 12.8 Å². The second-order valence-corrected chi connectivity index (χ2v) is 5.08. The summed E-state index contributed by atoms with van der Waals surface area (Å²) in [6.07, 6.45) is 3.16. The number of rotatable bonds is 4. The molecule has 19 heavy (non-hydrogen) atoms. The molecule has 0 spiro atoms. The van der Waals surface area contributed by atoms with E-state index in [0.29, 0.717) is 22.6 Å². The van der Waals surface area contributed by atoms with Crippen molar-refractivity contribution in [3.63, 3.8) is 0 Å². The summed E-state index contributed by atoms with van der Waals surface area (Å²) in [5, 5.41) is 16.9. The van der Waals surface area contributed by atoms with Gasteiger partial charge < -0.3 is 14.9 Å². The smallest absolute Gasteiger partial charge is 0.329 e. The van der Waals surface area contributed by atoms with Gasteiger partial charge in [0.1, 0.15) is 23.1 Å². The summed E-state index contributed by atoms with van der Waals surface area (Å²) in [5.41, 5.74) is -0.0227. The fourth-order valence-electron chi connectivity index (χ4n) is 2.25. The Labute approximate surface area is 109 Å². The molecule has 1 saturated carbocycles. The maximum Gasteiger partial charge on any atom is 0.329 e. The summed E-state index contributed by atoms with van der Waals surface area (Å²) >= 11 is 0.